The molecule has 0 saturated carbocycles. The van der Waals surface area contributed by atoms with Crippen molar-refractivity contribution in [2.24, 2.45) is 5.41 Å². The van der Waals surface area contributed by atoms with Crippen LogP contribution in [0.25, 0.3) is 16.6 Å². The maximum absolute atomic E-state index is 4.71. The molecule has 1 atom stereocenters. The average molecular weight is 509 g/mol. The summed E-state index contributed by atoms with van der Waals surface area (Å²) >= 11 is 1.73. The van der Waals surface area contributed by atoms with E-state index in [0.717, 1.165) is 34.0 Å². The second-order valence-electron chi connectivity index (χ2n) is 10.1. The summed E-state index contributed by atoms with van der Waals surface area (Å²) in [6, 6.07) is 26.1. The number of benzene rings is 3. The molecule has 0 bridgehead atoms. The lowest BCUT2D eigenvalue weighted by atomic mass is 9.71. The number of aromatic nitrogens is 3. The summed E-state index contributed by atoms with van der Waals surface area (Å²) in [5.74, 6) is 0.213. The number of thiazole rings is 1. The van der Waals surface area contributed by atoms with Crippen molar-refractivity contribution in [3.8, 4) is 5.69 Å². The maximum atomic E-state index is 4.71. The van der Waals surface area contributed by atoms with Crippen molar-refractivity contribution in [3.05, 3.63) is 119 Å². The van der Waals surface area contributed by atoms with Crippen LogP contribution in [0.5, 0.6) is 0 Å². The number of fused-ring (bicyclic) bond motifs is 1. The van der Waals surface area contributed by atoms with Crippen LogP contribution in [0.4, 0.5) is 5.13 Å². The van der Waals surface area contributed by atoms with Gasteiger partial charge < -0.3 is 5.32 Å². The second kappa shape index (κ2) is 11.1. The Kier molecular flexibility index (Phi) is 7.94. The molecule has 2 aromatic heterocycles. The molecule has 0 saturated heterocycles. The lowest BCUT2D eigenvalue weighted by Gasteiger charge is -2.35. The number of hydrogen-bond donors (Lipinski definition) is 1. The highest BCUT2D eigenvalue weighted by atomic mass is 32.1. The van der Waals surface area contributed by atoms with Crippen molar-refractivity contribution in [3.63, 3.8) is 0 Å². The van der Waals surface area contributed by atoms with Crippen LogP contribution in [0.15, 0.2) is 92.2 Å². The zero-order chi connectivity index (χ0) is 26.6. The molecular formula is C32H36N4S. The second-order valence-corrected chi connectivity index (χ2v) is 11.3. The third-order valence-corrected chi connectivity index (χ3v) is 7.87. The van der Waals surface area contributed by atoms with Crippen molar-refractivity contribution >= 4 is 27.4 Å². The first-order valence-corrected chi connectivity index (χ1v) is 13.4. The molecule has 3 aromatic carbocycles. The highest BCUT2D eigenvalue weighted by molar-refractivity contribution is 7.15. The molecule has 5 rings (SSSR count). The molecule has 5 aromatic rings. The summed E-state index contributed by atoms with van der Waals surface area (Å²) in [5, 5.41) is 10.5. The smallest absolute Gasteiger partial charge is 0.183 e. The van der Waals surface area contributed by atoms with Gasteiger partial charge in [-0.3, -0.25) is 0 Å². The van der Waals surface area contributed by atoms with Crippen molar-refractivity contribution in [1.29, 1.82) is 0 Å². The van der Waals surface area contributed by atoms with Gasteiger partial charge in [0, 0.05) is 22.7 Å². The van der Waals surface area contributed by atoms with Gasteiger partial charge in [-0.1, -0.05) is 67.9 Å². The van der Waals surface area contributed by atoms with Crippen LogP contribution in [-0.2, 0) is 0 Å². The number of rotatable bonds is 7. The molecule has 0 spiro atoms. The zero-order valence-electron chi connectivity index (χ0n) is 22.5. The van der Waals surface area contributed by atoms with E-state index in [1.54, 1.807) is 11.3 Å². The molecule has 0 amide bonds. The topological polar surface area (TPSA) is 42.7 Å². The van der Waals surface area contributed by atoms with E-state index < -0.39 is 0 Å². The highest BCUT2D eigenvalue weighted by Crippen LogP contribution is 2.42. The van der Waals surface area contributed by atoms with Gasteiger partial charge in [0.1, 0.15) is 0 Å². The molecule has 5 heteroatoms. The summed E-state index contributed by atoms with van der Waals surface area (Å²) in [5.41, 5.74) is 7.10. The van der Waals surface area contributed by atoms with E-state index in [4.69, 9.17) is 10.1 Å². The quantitative estimate of drug-likeness (QED) is 0.224. The monoisotopic (exact) mass is 508 g/mol. The van der Waals surface area contributed by atoms with E-state index in [9.17, 15) is 0 Å². The van der Waals surface area contributed by atoms with Crippen LogP contribution >= 0.6 is 11.3 Å². The molecule has 37 heavy (non-hydrogen) atoms. The molecule has 1 unspecified atom stereocenters. The maximum Gasteiger partial charge on any atom is 0.183 e. The summed E-state index contributed by atoms with van der Waals surface area (Å²) in [7, 11) is 0. The minimum atomic E-state index is -0.0601. The van der Waals surface area contributed by atoms with Crippen molar-refractivity contribution in [2.45, 2.75) is 40.5 Å². The largest absolute Gasteiger partial charge is 0.361 e. The van der Waals surface area contributed by atoms with Crippen LogP contribution in [0.1, 0.15) is 47.0 Å². The van der Waals surface area contributed by atoms with E-state index in [1.807, 2.05) is 10.9 Å². The van der Waals surface area contributed by atoms with Gasteiger partial charge >= 0.3 is 0 Å². The Morgan fingerprint density at radius 1 is 0.919 bits per heavy atom. The summed E-state index contributed by atoms with van der Waals surface area (Å²) in [6.07, 6.45) is 1.98. The van der Waals surface area contributed by atoms with Crippen LogP contribution in [0.3, 0.4) is 0 Å². The van der Waals surface area contributed by atoms with E-state index >= 15 is 0 Å². The average Bonchev–Trinajstić information content (AvgIpc) is 3.47. The number of nitrogens with zero attached hydrogens (tertiary/aromatic N) is 3. The molecule has 4 nitrogen and oxygen atoms in total. The fourth-order valence-electron chi connectivity index (χ4n) is 4.82. The normalized spacial score (nSPS) is 12.1. The Balaban J connectivity index is 0.00000156. The van der Waals surface area contributed by atoms with Crippen molar-refractivity contribution in [2.75, 3.05) is 11.9 Å². The first-order chi connectivity index (χ1) is 17.8. The lowest BCUT2D eigenvalue weighted by molar-refractivity contribution is 0.340. The van der Waals surface area contributed by atoms with Gasteiger partial charge in [0.25, 0.3) is 0 Å². The Bertz CT molecular complexity index is 1440. The van der Waals surface area contributed by atoms with Gasteiger partial charge in [-0.25, -0.2) is 9.67 Å². The fraction of sp³-hybridized carbons (Fsp3) is 0.250. The molecule has 2 heterocycles. The molecule has 0 fully saturated rings. The molecule has 1 N–H and O–H groups in total. The van der Waals surface area contributed by atoms with E-state index in [0.29, 0.717) is 0 Å². The molecule has 0 aliphatic rings. The summed E-state index contributed by atoms with van der Waals surface area (Å²) in [4.78, 5) is 5.96. The first kappa shape index (κ1) is 26.4. The van der Waals surface area contributed by atoms with Gasteiger partial charge in [-0.05, 0) is 61.6 Å². The van der Waals surface area contributed by atoms with E-state index in [1.165, 1.54) is 21.6 Å². The first-order valence-electron chi connectivity index (χ1n) is 12.6. The standard InChI is InChI=1S/C30H32N4S.C2H4/c1-20-11-14-26(15-12-20)34-27-16-13-24(17-25(27)18-32-34)28(23-9-7-6-8-10-23)30(4,5)19-31-29-33-21(2)22(3)35-29;1-2/h6-18,28H,19H2,1-5H3,(H,31,33);1-2H2. The van der Waals surface area contributed by atoms with E-state index in [-0.39, 0.29) is 11.3 Å². The Morgan fingerprint density at radius 3 is 2.27 bits per heavy atom. The van der Waals surface area contributed by atoms with Crippen molar-refractivity contribution in [1.82, 2.24) is 14.8 Å². The summed E-state index contributed by atoms with van der Waals surface area (Å²) < 4.78 is 2.02. The van der Waals surface area contributed by atoms with E-state index in [2.05, 4.69) is 126 Å². The van der Waals surface area contributed by atoms with Crippen LogP contribution in [0, 0.1) is 26.2 Å². The minimum absolute atomic E-state index is 0.0601. The third-order valence-electron chi connectivity index (χ3n) is 6.84. The number of aryl methyl sites for hydroxylation is 3. The van der Waals surface area contributed by atoms with Crippen LogP contribution in [-0.4, -0.2) is 21.3 Å². The summed E-state index contributed by atoms with van der Waals surface area (Å²) in [6.45, 7) is 17.8. The minimum Gasteiger partial charge on any atom is -0.361 e. The number of anilines is 1. The Labute approximate surface area is 224 Å². The molecule has 0 aliphatic heterocycles. The van der Waals surface area contributed by atoms with Crippen LogP contribution < -0.4 is 5.32 Å². The van der Waals surface area contributed by atoms with Crippen LogP contribution in [0.2, 0.25) is 0 Å². The van der Waals surface area contributed by atoms with Gasteiger partial charge in [0.05, 0.1) is 23.1 Å². The number of nitrogens with one attached hydrogen (secondary N) is 1. The van der Waals surface area contributed by atoms with Gasteiger partial charge in [0.15, 0.2) is 5.13 Å². The number of hydrogen-bond acceptors (Lipinski definition) is 4. The molecular weight excluding hydrogens is 472 g/mol. The zero-order valence-corrected chi connectivity index (χ0v) is 23.3. The highest BCUT2D eigenvalue weighted by Gasteiger charge is 2.32. The Hall–Kier alpha value is -3.70. The predicted molar refractivity (Wildman–Crippen MR) is 159 cm³/mol. The molecule has 0 aliphatic carbocycles. The van der Waals surface area contributed by atoms with Gasteiger partial charge in [-0.2, -0.15) is 5.10 Å². The Morgan fingerprint density at radius 2 is 1.62 bits per heavy atom. The lowest BCUT2D eigenvalue weighted by Crippen LogP contribution is -2.31. The third kappa shape index (κ3) is 5.67. The SMILES string of the molecule is C=C.Cc1ccc(-n2ncc3cc(C(c4ccccc4)C(C)(C)CNc4nc(C)c(C)s4)ccc32)cc1. The van der Waals surface area contributed by atoms with Crippen molar-refractivity contribution < 1.29 is 0 Å². The molecule has 190 valence electrons. The fourth-order valence-corrected chi connectivity index (χ4v) is 5.63. The molecule has 0 radical (unpaired) electrons. The van der Waals surface area contributed by atoms with Gasteiger partial charge in [0.2, 0.25) is 0 Å². The van der Waals surface area contributed by atoms with Gasteiger partial charge in [-0.15, -0.1) is 24.5 Å². The predicted octanol–water partition coefficient (Wildman–Crippen LogP) is 8.48.